The maximum Gasteiger partial charge on any atom is 0.238 e. The summed E-state index contributed by atoms with van der Waals surface area (Å²) in [5, 5.41) is 3.17. The number of hydrogen-bond acceptors (Lipinski definition) is 2. The van der Waals surface area contributed by atoms with Crippen LogP contribution in [0, 0.1) is 6.92 Å². The zero-order chi connectivity index (χ0) is 16.1. The van der Waals surface area contributed by atoms with Gasteiger partial charge >= 0.3 is 0 Å². The molecule has 122 valence electrons. The van der Waals surface area contributed by atoms with E-state index in [2.05, 4.69) is 56.1 Å². The van der Waals surface area contributed by atoms with Gasteiger partial charge in [0.05, 0.1) is 6.54 Å². The van der Waals surface area contributed by atoms with Crippen LogP contribution in [0.15, 0.2) is 18.2 Å². The van der Waals surface area contributed by atoms with E-state index in [0.29, 0.717) is 18.5 Å². The number of carbonyl (C=O) groups excluding carboxylic acids is 1. The van der Waals surface area contributed by atoms with Crippen LogP contribution < -0.4 is 5.32 Å². The highest BCUT2D eigenvalue weighted by Crippen LogP contribution is 2.27. The topological polar surface area (TPSA) is 32.3 Å². The van der Waals surface area contributed by atoms with Crippen molar-refractivity contribution in [3.63, 3.8) is 0 Å². The summed E-state index contributed by atoms with van der Waals surface area (Å²) in [4.78, 5) is 14.9. The lowest BCUT2D eigenvalue weighted by Crippen LogP contribution is -2.43. The molecule has 1 aromatic carbocycles. The van der Waals surface area contributed by atoms with E-state index < -0.39 is 0 Å². The number of piperidine rings is 1. The fourth-order valence-corrected chi connectivity index (χ4v) is 3.44. The first-order valence-corrected chi connectivity index (χ1v) is 8.66. The van der Waals surface area contributed by atoms with Crippen molar-refractivity contribution in [3.8, 4) is 0 Å². The summed E-state index contributed by atoms with van der Waals surface area (Å²) in [7, 11) is 0. The number of hydrogen-bond donors (Lipinski definition) is 1. The maximum absolute atomic E-state index is 12.5. The van der Waals surface area contributed by atoms with Gasteiger partial charge in [-0.3, -0.25) is 9.69 Å². The Morgan fingerprint density at radius 3 is 2.82 bits per heavy atom. The molecule has 0 bridgehead atoms. The number of para-hydroxylation sites is 1. The summed E-state index contributed by atoms with van der Waals surface area (Å²) in [6, 6.07) is 6.82. The molecule has 1 amide bonds. The van der Waals surface area contributed by atoms with E-state index >= 15 is 0 Å². The zero-order valence-electron chi connectivity index (χ0n) is 14.5. The Hall–Kier alpha value is -1.35. The summed E-state index contributed by atoms with van der Waals surface area (Å²) in [5.41, 5.74) is 3.37. The third-order valence-corrected chi connectivity index (χ3v) is 4.76. The van der Waals surface area contributed by atoms with Crippen molar-refractivity contribution in [1.82, 2.24) is 4.90 Å². The average molecular weight is 302 g/mol. The molecule has 1 heterocycles. The SMILES string of the molecule is CCC1CCCCN1CC(=O)Nc1c(C)cccc1C(C)C. The van der Waals surface area contributed by atoms with Crippen molar-refractivity contribution < 1.29 is 4.79 Å². The van der Waals surface area contributed by atoms with Gasteiger partial charge in [0.2, 0.25) is 5.91 Å². The number of aryl methyl sites for hydroxylation is 1. The number of rotatable bonds is 5. The van der Waals surface area contributed by atoms with Gasteiger partial charge in [0, 0.05) is 11.7 Å². The van der Waals surface area contributed by atoms with Crippen LogP contribution in [0.1, 0.15) is 63.5 Å². The molecule has 1 atom stereocenters. The smallest absolute Gasteiger partial charge is 0.238 e. The molecular weight excluding hydrogens is 272 g/mol. The molecule has 0 saturated carbocycles. The van der Waals surface area contributed by atoms with Crippen LogP contribution in [0.4, 0.5) is 5.69 Å². The van der Waals surface area contributed by atoms with E-state index in [1.165, 1.54) is 24.8 Å². The van der Waals surface area contributed by atoms with Crippen molar-refractivity contribution in [2.75, 3.05) is 18.4 Å². The molecule has 1 aliphatic heterocycles. The van der Waals surface area contributed by atoms with E-state index in [9.17, 15) is 4.79 Å². The Balaban J connectivity index is 2.06. The fourth-order valence-electron chi connectivity index (χ4n) is 3.44. The highest BCUT2D eigenvalue weighted by Gasteiger charge is 2.23. The van der Waals surface area contributed by atoms with Crippen molar-refractivity contribution in [2.24, 2.45) is 0 Å². The normalized spacial score (nSPS) is 19.4. The van der Waals surface area contributed by atoms with Crippen molar-refractivity contribution in [2.45, 2.75) is 65.3 Å². The fraction of sp³-hybridized carbons (Fsp3) is 0.632. The molecule has 3 nitrogen and oxygen atoms in total. The third-order valence-electron chi connectivity index (χ3n) is 4.76. The van der Waals surface area contributed by atoms with Gasteiger partial charge in [-0.25, -0.2) is 0 Å². The van der Waals surface area contributed by atoms with Crippen LogP contribution in [0.2, 0.25) is 0 Å². The highest BCUT2D eigenvalue weighted by atomic mass is 16.2. The van der Waals surface area contributed by atoms with Crippen molar-refractivity contribution >= 4 is 11.6 Å². The van der Waals surface area contributed by atoms with Gasteiger partial charge in [-0.15, -0.1) is 0 Å². The van der Waals surface area contributed by atoms with E-state index in [4.69, 9.17) is 0 Å². The second-order valence-corrected chi connectivity index (χ2v) is 6.77. The maximum atomic E-state index is 12.5. The lowest BCUT2D eigenvalue weighted by Gasteiger charge is -2.34. The second-order valence-electron chi connectivity index (χ2n) is 6.77. The van der Waals surface area contributed by atoms with Crippen LogP contribution >= 0.6 is 0 Å². The summed E-state index contributed by atoms with van der Waals surface area (Å²) >= 11 is 0. The molecular formula is C19H30N2O. The van der Waals surface area contributed by atoms with Gasteiger partial charge in [0.1, 0.15) is 0 Å². The predicted molar refractivity (Wildman–Crippen MR) is 93.4 cm³/mol. The first-order valence-electron chi connectivity index (χ1n) is 8.66. The predicted octanol–water partition coefficient (Wildman–Crippen LogP) is 4.32. The monoisotopic (exact) mass is 302 g/mol. The molecule has 1 saturated heterocycles. The van der Waals surface area contributed by atoms with Crippen LogP contribution in [0.25, 0.3) is 0 Å². The van der Waals surface area contributed by atoms with E-state index in [1.54, 1.807) is 0 Å². The summed E-state index contributed by atoms with van der Waals surface area (Å²) < 4.78 is 0. The molecule has 0 spiro atoms. The van der Waals surface area contributed by atoms with E-state index in [0.717, 1.165) is 24.2 Å². The largest absolute Gasteiger partial charge is 0.324 e. The summed E-state index contributed by atoms with van der Waals surface area (Å²) in [6.07, 6.45) is 4.87. The Kier molecular flexibility index (Phi) is 6.01. The van der Waals surface area contributed by atoms with E-state index in [-0.39, 0.29) is 5.91 Å². The number of nitrogens with one attached hydrogen (secondary N) is 1. The lowest BCUT2D eigenvalue weighted by atomic mass is 9.98. The Morgan fingerprint density at radius 1 is 1.36 bits per heavy atom. The highest BCUT2D eigenvalue weighted by molar-refractivity contribution is 5.94. The molecule has 1 fully saturated rings. The van der Waals surface area contributed by atoms with Gasteiger partial charge < -0.3 is 5.32 Å². The van der Waals surface area contributed by atoms with Crippen molar-refractivity contribution in [1.29, 1.82) is 0 Å². The minimum absolute atomic E-state index is 0.122. The van der Waals surface area contributed by atoms with Gasteiger partial charge in [-0.1, -0.05) is 45.4 Å². The minimum Gasteiger partial charge on any atom is -0.324 e. The Morgan fingerprint density at radius 2 is 2.14 bits per heavy atom. The Bertz CT molecular complexity index is 510. The number of benzene rings is 1. The van der Waals surface area contributed by atoms with Crippen molar-refractivity contribution in [3.05, 3.63) is 29.3 Å². The number of carbonyl (C=O) groups is 1. The van der Waals surface area contributed by atoms with Gasteiger partial charge in [0.25, 0.3) is 0 Å². The number of likely N-dealkylation sites (tertiary alicyclic amines) is 1. The molecule has 22 heavy (non-hydrogen) atoms. The molecule has 1 unspecified atom stereocenters. The number of amides is 1. The molecule has 3 heteroatoms. The van der Waals surface area contributed by atoms with Crippen LogP contribution in [0.3, 0.4) is 0 Å². The lowest BCUT2D eigenvalue weighted by molar-refractivity contribution is -0.118. The third kappa shape index (κ3) is 4.10. The second kappa shape index (κ2) is 7.77. The van der Waals surface area contributed by atoms with Gasteiger partial charge in [-0.05, 0) is 49.8 Å². The molecule has 1 N–H and O–H groups in total. The quantitative estimate of drug-likeness (QED) is 0.878. The van der Waals surface area contributed by atoms with Crippen LogP contribution in [-0.2, 0) is 4.79 Å². The molecule has 1 aliphatic rings. The summed E-state index contributed by atoms with van der Waals surface area (Å²) in [6.45, 7) is 10.2. The van der Waals surface area contributed by atoms with Crippen LogP contribution in [-0.4, -0.2) is 29.9 Å². The molecule has 1 aromatic rings. The minimum atomic E-state index is 0.122. The zero-order valence-corrected chi connectivity index (χ0v) is 14.5. The van der Waals surface area contributed by atoms with Gasteiger partial charge in [-0.2, -0.15) is 0 Å². The van der Waals surface area contributed by atoms with Gasteiger partial charge in [0.15, 0.2) is 0 Å². The average Bonchev–Trinajstić information content (AvgIpc) is 2.49. The molecule has 0 aliphatic carbocycles. The summed E-state index contributed by atoms with van der Waals surface area (Å²) in [5.74, 6) is 0.533. The Labute approximate surface area is 135 Å². The van der Waals surface area contributed by atoms with E-state index in [1.807, 2.05) is 0 Å². The molecule has 0 radical (unpaired) electrons. The molecule has 0 aromatic heterocycles. The standard InChI is InChI=1S/C19H30N2O/c1-5-16-10-6-7-12-21(16)13-18(22)20-19-15(4)9-8-11-17(19)14(2)3/h8-9,11,14,16H,5-7,10,12-13H2,1-4H3,(H,20,22). The number of nitrogens with zero attached hydrogens (tertiary/aromatic N) is 1. The number of anilines is 1. The first-order chi connectivity index (χ1) is 10.5. The van der Waals surface area contributed by atoms with Crippen LogP contribution in [0.5, 0.6) is 0 Å². The first kappa shape index (κ1) is 17.0. The molecule has 2 rings (SSSR count).